The Bertz CT molecular complexity index is 401. The van der Waals surface area contributed by atoms with E-state index < -0.39 is 11.4 Å². The van der Waals surface area contributed by atoms with Crippen molar-refractivity contribution >= 4 is 11.9 Å². The van der Waals surface area contributed by atoms with Crippen LogP contribution in [0.3, 0.4) is 0 Å². The SMILES string of the molecule is C=C(C)C(=O)OCC1CC2CC1CC2(C)C(=O)O. The number of carbonyl (C=O) groups excluding carboxylic acids is 1. The van der Waals surface area contributed by atoms with E-state index in [9.17, 15) is 14.7 Å². The molecule has 0 heterocycles. The van der Waals surface area contributed by atoms with Gasteiger partial charge in [0.1, 0.15) is 0 Å². The number of hydrogen-bond donors (Lipinski definition) is 1. The summed E-state index contributed by atoms with van der Waals surface area (Å²) in [6.07, 6.45) is 2.53. The number of hydrogen-bond acceptors (Lipinski definition) is 3. The van der Waals surface area contributed by atoms with E-state index in [1.807, 2.05) is 6.92 Å². The molecule has 0 spiro atoms. The van der Waals surface area contributed by atoms with Gasteiger partial charge in [0.15, 0.2) is 0 Å². The van der Waals surface area contributed by atoms with Crippen LogP contribution in [-0.4, -0.2) is 23.7 Å². The number of fused-ring (bicyclic) bond motifs is 2. The smallest absolute Gasteiger partial charge is 0.333 e. The molecule has 0 aromatic rings. The Morgan fingerprint density at radius 1 is 1.44 bits per heavy atom. The number of carboxylic acids is 1. The van der Waals surface area contributed by atoms with E-state index in [1.165, 1.54) is 0 Å². The molecule has 2 saturated carbocycles. The van der Waals surface area contributed by atoms with E-state index in [4.69, 9.17) is 4.74 Å². The maximum absolute atomic E-state index is 11.3. The Morgan fingerprint density at radius 2 is 2.11 bits per heavy atom. The second-order valence-electron chi connectivity index (χ2n) is 5.99. The van der Waals surface area contributed by atoms with Crippen LogP contribution in [0.4, 0.5) is 0 Å². The van der Waals surface area contributed by atoms with Gasteiger partial charge in [-0.05, 0) is 50.9 Å². The first-order valence-corrected chi connectivity index (χ1v) is 6.40. The fourth-order valence-electron chi connectivity index (χ4n) is 3.47. The van der Waals surface area contributed by atoms with Gasteiger partial charge in [-0.2, -0.15) is 0 Å². The normalized spacial score (nSPS) is 37.6. The van der Waals surface area contributed by atoms with Crippen LogP contribution >= 0.6 is 0 Å². The fraction of sp³-hybridized carbons (Fsp3) is 0.714. The summed E-state index contributed by atoms with van der Waals surface area (Å²) in [5.74, 6) is -0.0978. The van der Waals surface area contributed by atoms with Gasteiger partial charge in [-0.15, -0.1) is 0 Å². The molecule has 4 atom stereocenters. The summed E-state index contributed by atoms with van der Waals surface area (Å²) < 4.78 is 5.18. The fourth-order valence-corrected chi connectivity index (χ4v) is 3.47. The molecule has 18 heavy (non-hydrogen) atoms. The number of carboxylic acid groups (broad SMARTS) is 1. The molecule has 0 amide bonds. The van der Waals surface area contributed by atoms with Gasteiger partial charge in [0.25, 0.3) is 0 Å². The van der Waals surface area contributed by atoms with Crippen LogP contribution in [0.2, 0.25) is 0 Å². The molecule has 2 rings (SSSR count). The van der Waals surface area contributed by atoms with Crippen LogP contribution in [0.15, 0.2) is 12.2 Å². The second kappa shape index (κ2) is 4.41. The third-order valence-electron chi connectivity index (χ3n) is 4.69. The molecule has 100 valence electrons. The first-order valence-electron chi connectivity index (χ1n) is 6.40. The molecule has 0 saturated heterocycles. The molecule has 0 aromatic carbocycles. The first kappa shape index (κ1) is 13.1. The number of rotatable bonds is 4. The monoisotopic (exact) mass is 252 g/mol. The highest BCUT2D eigenvalue weighted by molar-refractivity contribution is 5.86. The average Bonchev–Trinajstić information content (AvgIpc) is 2.82. The Morgan fingerprint density at radius 3 is 2.56 bits per heavy atom. The third-order valence-corrected chi connectivity index (χ3v) is 4.69. The van der Waals surface area contributed by atoms with Gasteiger partial charge in [0, 0.05) is 5.57 Å². The highest BCUT2D eigenvalue weighted by Gasteiger charge is 2.56. The Labute approximate surface area is 107 Å². The Kier molecular flexibility index (Phi) is 3.21. The molecule has 4 heteroatoms. The number of aliphatic carboxylic acids is 1. The van der Waals surface area contributed by atoms with Crippen molar-refractivity contribution in [3.8, 4) is 0 Å². The summed E-state index contributed by atoms with van der Waals surface area (Å²) in [6.45, 7) is 7.42. The standard InChI is InChI=1S/C14H20O4/c1-8(2)12(15)18-7-10-5-11-4-9(10)6-14(11,3)13(16)17/h9-11H,1,4-7H2,2-3H3,(H,16,17). The highest BCUT2D eigenvalue weighted by Crippen LogP contribution is 2.58. The Balaban J connectivity index is 1.90. The zero-order valence-corrected chi connectivity index (χ0v) is 10.9. The summed E-state index contributed by atoms with van der Waals surface area (Å²) >= 11 is 0. The van der Waals surface area contributed by atoms with Crippen molar-refractivity contribution in [3.05, 3.63) is 12.2 Å². The molecule has 4 unspecified atom stereocenters. The molecule has 2 aliphatic carbocycles. The molecule has 0 aliphatic heterocycles. The lowest BCUT2D eigenvalue weighted by Crippen LogP contribution is -2.36. The summed E-state index contributed by atoms with van der Waals surface area (Å²) in [5, 5.41) is 9.27. The highest BCUT2D eigenvalue weighted by atomic mass is 16.5. The molecule has 4 nitrogen and oxygen atoms in total. The van der Waals surface area contributed by atoms with E-state index in [1.54, 1.807) is 6.92 Å². The van der Waals surface area contributed by atoms with E-state index in [0.717, 1.165) is 12.8 Å². The quantitative estimate of drug-likeness (QED) is 0.615. The zero-order valence-electron chi connectivity index (χ0n) is 10.9. The van der Waals surface area contributed by atoms with Crippen LogP contribution < -0.4 is 0 Å². The summed E-state index contributed by atoms with van der Waals surface area (Å²) in [5.41, 5.74) is -0.159. The van der Waals surface area contributed by atoms with Crippen molar-refractivity contribution in [2.24, 2.45) is 23.2 Å². The van der Waals surface area contributed by atoms with Crippen molar-refractivity contribution in [2.75, 3.05) is 6.61 Å². The molecular weight excluding hydrogens is 232 g/mol. The van der Waals surface area contributed by atoms with E-state index in [2.05, 4.69) is 6.58 Å². The topological polar surface area (TPSA) is 63.6 Å². The van der Waals surface area contributed by atoms with E-state index >= 15 is 0 Å². The first-order chi connectivity index (χ1) is 8.34. The zero-order chi connectivity index (χ0) is 13.5. The maximum atomic E-state index is 11.3. The van der Waals surface area contributed by atoms with Gasteiger partial charge < -0.3 is 9.84 Å². The predicted molar refractivity (Wildman–Crippen MR) is 65.8 cm³/mol. The molecular formula is C14H20O4. The number of carbonyl (C=O) groups is 2. The van der Waals surface area contributed by atoms with E-state index in [0.29, 0.717) is 30.4 Å². The minimum Gasteiger partial charge on any atom is -0.481 e. The Hall–Kier alpha value is -1.32. The second-order valence-corrected chi connectivity index (χ2v) is 5.99. The molecule has 2 aliphatic rings. The van der Waals surface area contributed by atoms with Crippen LogP contribution in [-0.2, 0) is 14.3 Å². The van der Waals surface area contributed by atoms with Gasteiger partial charge in [0.2, 0.25) is 0 Å². The van der Waals surface area contributed by atoms with Gasteiger partial charge in [-0.3, -0.25) is 4.79 Å². The molecule has 2 bridgehead atoms. The van der Waals surface area contributed by atoms with Crippen LogP contribution in [0.25, 0.3) is 0 Å². The number of ether oxygens (including phenoxy) is 1. The average molecular weight is 252 g/mol. The minimum absolute atomic E-state index is 0.230. The van der Waals surface area contributed by atoms with Crippen molar-refractivity contribution < 1.29 is 19.4 Å². The number of esters is 1. The lowest BCUT2D eigenvalue weighted by molar-refractivity contribution is -0.153. The van der Waals surface area contributed by atoms with Gasteiger partial charge in [-0.1, -0.05) is 6.58 Å². The van der Waals surface area contributed by atoms with Crippen LogP contribution in [0.5, 0.6) is 0 Å². The molecule has 2 fully saturated rings. The van der Waals surface area contributed by atoms with Crippen molar-refractivity contribution in [1.29, 1.82) is 0 Å². The van der Waals surface area contributed by atoms with Crippen molar-refractivity contribution in [1.82, 2.24) is 0 Å². The van der Waals surface area contributed by atoms with Crippen molar-refractivity contribution in [3.63, 3.8) is 0 Å². The lowest BCUT2D eigenvalue weighted by atomic mass is 9.71. The summed E-state index contributed by atoms with van der Waals surface area (Å²) in [7, 11) is 0. The van der Waals surface area contributed by atoms with E-state index in [-0.39, 0.29) is 11.9 Å². The maximum Gasteiger partial charge on any atom is 0.333 e. The minimum atomic E-state index is -0.688. The lowest BCUT2D eigenvalue weighted by Gasteiger charge is -2.33. The van der Waals surface area contributed by atoms with Gasteiger partial charge in [-0.25, -0.2) is 4.79 Å². The van der Waals surface area contributed by atoms with Gasteiger partial charge in [0.05, 0.1) is 12.0 Å². The molecule has 1 N–H and O–H groups in total. The summed E-state index contributed by atoms with van der Waals surface area (Å²) in [4.78, 5) is 22.6. The molecule has 0 radical (unpaired) electrons. The summed E-state index contributed by atoms with van der Waals surface area (Å²) in [6, 6.07) is 0. The third kappa shape index (κ3) is 2.04. The van der Waals surface area contributed by atoms with Gasteiger partial charge >= 0.3 is 11.9 Å². The van der Waals surface area contributed by atoms with Crippen LogP contribution in [0, 0.1) is 23.2 Å². The molecule has 0 aromatic heterocycles. The van der Waals surface area contributed by atoms with Crippen molar-refractivity contribution in [2.45, 2.75) is 33.1 Å². The van der Waals surface area contributed by atoms with Crippen LogP contribution in [0.1, 0.15) is 33.1 Å². The largest absolute Gasteiger partial charge is 0.481 e. The predicted octanol–water partition coefficient (Wildman–Crippen LogP) is 2.24.